The van der Waals surface area contributed by atoms with E-state index in [0.717, 1.165) is 12.5 Å². The summed E-state index contributed by atoms with van der Waals surface area (Å²) >= 11 is 0. The number of nitrogens with one attached hydrogen (secondary N) is 1. The molecule has 0 aromatic heterocycles. The van der Waals surface area contributed by atoms with Crippen LogP contribution >= 0.6 is 0 Å². The molecule has 1 aliphatic rings. The van der Waals surface area contributed by atoms with Crippen LogP contribution in [-0.4, -0.2) is 6.54 Å². The monoisotopic (exact) mass is 246 g/mol. The number of nitriles is 1. The summed E-state index contributed by atoms with van der Waals surface area (Å²) in [5.41, 5.74) is 0.748. The molecule has 0 saturated heterocycles. The summed E-state index contributed by atoms with van der Waals surface area (Å²) in [6.45, 7) is 3.13. The lowest BCUT2D eigenvalue weighted by Gasteiger charge is -2.26. The summed E-state index contributed by atoms with van der Waals surface area (Å²) in [4.78, 5) is 0. The van der Waals surface area contributed by atoms with Crippen molar-refractivity contribution in [1.82, 2.24) is 0 Å². The highest BCUT2D eigenvalue weighted by Crippen LogP contribution is 2.28. The van der Waals surface area contributed by atoms with E-state index in [-0.39, 0.29) is 5.56 Å². The highest BCUT2D eigenvalue weighted by molar-refractivity contribution is 5.57. The highest BCUT2D eigenvalue weighted by Gasteiger charge is 2.18. The number of rotatable bonds is 3. The van der Waals surface area contributed by atoms with Crippen LogP contribution < -0.4 is 5.32 Å². The Balaban J connectivity index is 1.95. The van der Waals surface area contributed by atoms with Crippen molar-refractivity contribution in [2.45, 2.75) is 32.6 Å². The molecule has 1 N–H and O–H groups in total. The van der Waals surface area contributed by atoms with Crippen LogP contribution in [0.2, 0.25) is 0 Å². The Labute approximate surface area is 108 Å². The van der Waals surface area contributed by atoms with Gasteiger partial charge in [0.25, 0.3) is 0 Å². The average Bonchev–Trinajstić information content (AvgIpc) is 2.38. The summed E-state index contributed by atoms with van der Waals surface area (Å²) < 4.78 is 13.4. The Morgan fingerprint density at radius 1 is 1.33 bits per heavy atom. The molecule has 0 heterocycles. The summed E-state index contributed by atoms with van der Waals surface area (Å²) in [6.07, 6.45) is 5.01. The fourth-order valence-corrected chi connectivity index (χ4v) is 2.57. The number of hydrogen-bond donors (Lipinski definition) is 1. The first-order valence-electron chi connectivity index (χ1n) is 6.63. The summed E-state index contributed by atoms with van der Waals surface area (Å²) in [6, 6.07) is 6.66. The molecule has 0 spiro atoms. The third-order valence-corrected chi connectivity index (χ3v) is 3.84. The van der Waals surface area contributed by atoms with E-state index in [9.17, 15) is 4.39 Å². The van der Waals surface area contributed by atoms with Gasteiger partial charge in [-0.15, -0.1) is 0 Å². The molecule has 0 unspecified atom stereocenters. The van der Waals surface area contributed by atoms with Gasteiger partial charge in [-0.3, -0.25) is 0 Å². The van der Waals surface area contributed by atoms with Crippen molar-refractivity contribution in [3.05, 3.63) is 29.6 Å². The zero-order valence-corrected chi connectivity index (χ0v) is 10.7. The second kappa shape index (κ2) is 5.86. The molecule has 0 amide bonds. The minimum atomic E-state index is -0.445. The summed E-state index contributed by atoms with van der Waals surface area (Å²) in [5, 5.41) is 12.2. The fourth-order valence-electron chi connectivity index (χ4n) is 2.57. The predicted molar refractivity (Wildman–Crippen MR) is 70.7 cm³/mol. The maximum Gasteiger partial charge on any atom is 0.143 e. The van der Waals surface area contributed by atoms with Crippen LogP contribution in [-0.2, 0) is 0 Å². The van der Waals surface area contributed by atoms with E-state index < -0.39 is 5.82 Å². The van der Waals surface area contributed by atoms with Crippen molar-refractivity contribution in [3.8, 4) is 6.07 Å². The standard InChI is InChI=1S/C15H19FN2/c1-11-5-7-12(8-6-11)10-18-15-4-2-3-14(16)13(15)9-17/h2-4,11-12,18H,5-8,10H2,1H3. The Bertz CT molecular complexity index is 442. The van der Waals surface area contributed by atoms with Crippen molar-refractivity contribution in [2.24, 2.45) is 11.8 Å². The first kappa shape index (κ1) is 12.9. The Hall–Kier alpha value is -1.56. The van der Waals surface area contributed by atoms with Gasteiger partial charge in [-0.1, -0.05) is 25.8 Å². The van der Waals surface area contributed by atoms with Crippen LogP contribution in [0.4, 0.5) is 10.1 Å². The van der Waals surface area contributed by atoms with E-state index in [0.29, 0.717) is 11.6 Å². The van der Waals surface area contributed by atoms with E-state index in [1.807, 2.05) is 6.07 Å². The smallest absolute Gasteiger partial charge is 0.143 e. The molecule has 1 aromatic carbocycles. The number of benzene rings is 1. The molecule has 2 rings (SSSR count). The van der Waals surface area contributed by atoms with Crippen LogP contribution in [0.5, 0.6) is 0 Å². The molecule has 2 nitrogen and oxygen atoms in total. The number of hydrogen-bond acceptors (Lipinski definition) is 2. The molecular formula is C15H19FN2. The first-order chi connectivity index (χ1) is 8.70. The minimum absolute atomic E-state index is 0.127. The van der Waals surface area contributed by atoms with Gasteiger partial charge in [0.05, 0.1) is 5.69 Å². The van der Waals surface area contributed by atoms with Gasteiger partial charge in [0.1, 0.15) is 17.4 Å². The second-order valence-electron chi connectivity index (χ2n) is 5.28. The van der Waals surface area contributed by atoms with Crippen molar-refractivity contribution in [2.75, 3.05) is 11.9 Å². The van der Waals surface area contributed by atoms with E-state index in [1.54, 1.807) is 12.1 Å². The number of nitrogens with zero attached hydrogens (tertiary/aromatic N) is 1. The van der Waals surface area contributed by atoms with Gasteiger partial charge in [-0.2, -0.15) is 5.26 Å². The van der Waals surface area contributed by atoms with E-state index in [1.165, 1.54) is 31.7 Å². The van der Waals surface area contributed by atoms with Gasteiger partial charge < -0.3 is 5.32 Å². The maximum absolute atomic E-state index is 13.4. The van der Waals surface area contributed by atoms with E-state index >= 15 is 0 Å². The fraction of sp³-hybridized carbons (Fsp3) is 0.533. The molecule has 1 aliphatic carbocycles. The van der Waals surface area contributed by atoms with Crippen LogP contribution in [0.15, 0.2) is 18.2 Å². The molecule has 0 bridgehead atoms. The van der Waals surface area contributed by atoms with Gasteiger partial charge in [0.15, 0.2) is 0 Å². The predicted octanol–water partition coefficient (Wildman–Crippen LogP) is 3.94. The summed E-state index contributed by atoms with van der Waals surface area (Å²) in [5.74, 6) is 1.04. The van der Waals surface area contributed by atoms with Crippen LogP contribution in [0.1, 0.15) is 38.2 Å². The molecule has 96 valence electrons. The Morgan fingerprint density at radius 2 is 2.06 bits per heavy atom. The van der Waals surface area contributed by atoms with Crippen molar-refractivity contribution in [1.29, 1.82) is 5.26 Å². The zero-order valence-electron chi connectivity index (χ0n) is 10.7. The molecule has 3 heteroatoms. The zero-order chi connectivity index (χ0) is 13.0. The largest absolute Gasteiger partial charge is 0.384 e. The SMILES string of the molecule is CC1CCC(CNc2cccc(F)c2C#N)CC1. The molecular weight excluding hydrogens is 227 g/mol. The van der Waals surface area contributed by atoms with Crippen LogP contribution in [0.25, 0.3) is 0 Å². The normalized spacial score (nSPS) is 23.4. The van der Waals surface area contributed by atoms with Crippen LogP contribution in [0.3, 0.4) is 0 Å². The van der Waals surface area contributed by atoms with Gasteiger partial charge in [0, 0.05) is 6.54 Å². The second-order valence-corrected chi connectivity index (χ2v) is 5.28. The van der Waals surface area contributed by atoms with Gasteiger partial charge >= 0.3 is 0 Å². The van der Waals surface area contributed by atoms with Gasteiger partial charge in [0.2, 0.25) is 0 Å². The summed E-state index contributed by atoms with van der Waals surface area (Å²) in [7, 11) is 0. The topological polar surface area (TPSA) is 35.8 Å². The van der Waals surface area contributed by atoms with E-state index in [4.69, 9.17) is 5.26 Å². The van der Waals surface area contributed by atoms with Crippen LogP contribution in [0, 0.1) is 29.0 Å². The Kier molecular flexibility index (Phi) is 4.19. The van der Waals surface area contributed by atoms with Crippen molar-refractivity contribution in [3.63, 3.8) is 0 Å². The molecule has 0 aliphatic heterocycles. The number of halogens is 1. The quantitative estimate of drug-likeness (QED) is 0.877. The number of anilines is 1. The lowest BCUT2D eigenvalue weighted by atomic mass is 9.83. The van der Waals surface area contributed by atoms with Crippen molar-refractivity contribution < 1.29 is 4.39 Å². The average molecular weight is 246 g/mol. The molecule has 0 atom stereocenters. The highest BCUT2D eigenvalue weighted by atomic mass is 19.1. The van der Waals surface area contributed by atoms with Gasteiger partial charge in [-0.05, 0) is 36.8 Å². The molecule has 0 radical (unpaired) electrons. The minimum Gasteiger partial charge on any atom is -0.384 e. The van der Waals surface area contributed by atoms with Gasteiger partial charge in [-0.25, -0.2) is 4.39 Å². The molecule has 18 heavy (non-hydrogen) atoms. The third kappa shape index (κ3) is 3.01. The molecule has 1 saturated carbocycles. The van der Waals surface area contributed by atoms with Crippen molar-refractivity contribution >= 4 is 5.69 Å². The maximum atomic E-state index is 13.4. The van der Waals surface area contributed by atoms with E-state index in [2.05, 4.69) is 12.2 Å². The third-order valence-electron chi connectivity index (χ3n) is 3.84. The first-order valence-corrected chi connectivity index (χ1v) is 6.63. The molecule has 1 aromatic rings. The lowest BCUT2D eigenvalue weighted by molar-refractivity contribution is 0.300. The Morgan fingerprint density at radius 3 is 2.72 bits per heavy atom. The lowest BCUT2D eigenvalue weighted by Crippen LogP contribution is -2.20. The molecule has 1 fully saturated rings.